The van der Waals surface area contributed by atoms with E-state index >= 15 is 0 Å². The average Bonchev–Trinajstić information content (AvgIpc) is 3.37. The molecule has 0 fully saturated rings. The lowest BCUT2D eigenvalue weighted by atomic mass is 10.0. The van der Waals surface area contributed by atoms with Crippen molar-refractivity contribution in [2.24, 2.45) is 0 Å². The molecule has 320 valence electrons. The fourth-order valence-corrected chi connectivity index (χ4v) is 22.3. The minimum Gasteiger partial charge on any atom is -0.455 e. The highest BCUT2D eigenvalue weighted by molar-refractivity contribution is 8.27. The molecule has 0 saturated heterocycles. The van der Waals surface area contributed by atoms with Crippen LogP contribution < -0.4 is 60.9 Å². The lowest BCUT2D eigenvalue weighted by Crippen LogP contribution is -2.46. The van der Waals surface area contributed by atoms with Crippen molar-refractivity contribution in [2.75, 3.05) is 19.6 Å². The van der Waals surface area contributed by atoms with Crippen LogP contribution in [0.15, 0.2) is 206 Å². The Kier molecular flexibility index (Phi) is 7.28. The second kappa shape index (κ2) is 13.2. The number of rotatable bonds is 4. The SMILES string of the molecule is S=P12c3c4cccc3N(c3ccccc3)c3cccc(c31)N(c1ccccc1)c1cc3cc5c6c(c3c(c12)O4)Oc1cccc2c1P6(=S)c1c(cccc1N5c1ccccc1)N2c1ccccc1. The first-order chi connectivity index (χ1) is 33.5. The molecule has 2 atom stereocenters. The van der Waals surface area contributed by atoms with Gasteiger partial charge in [0.15, 0.2) is 0 Å². The van der Waals surface area contributed by atoms with Crippen molar-refractivity contribution in [3.8, 4) is 23.0 Å². The van der Waals surface area contributed by atoms with E-state index in [1.165, 1.54) is 0 Å². The highest BCUT2D eigenvalue weighted by atomic mass is 32.4. The Morgan fingerprint density at radius 1 is 0.294 bits per heavy atom. The van der Waals surface area contributed by atoms with Crippen LogP contribution >= 0.6 is 12.1 Å². The van der Waals surface area contributed by atoms with Crippen molar-refractivity contribution >= 4 is 147 Å². The van der Waals surface area contributed by atoms with Crippen LogP contribution in [0.3, 0.4) is 0 Å². The quantitative estimate of drug-likeness (QED) is 0.161. The number of para-hydroxylation sites is 4. The van der Waals surface area contributed by atoms with E-state index in [0.717, 1.165) is 134 Å². The van der Waals surface area contributed by atoms with E-state index in [-0.39, 0.29) is 0 Å². The van der Waals surface area contributed by atoms with E-state index in [4.69, 9.17) is 33.1 Å². The van der Waals surface area contributed by atoms with Gasteiger partial charge in [0.25, 0.3) is 0 Å². The number of fused-ring (bicyclic) bond motifs is 3. The first-order valence-electron chi connectivity index (χ1n) is 22.7. The third kappa shape index (κ3) is 4.46. The summed E-state index contributed by atoms with van der Waals surface area (Å²) in [5, 5.41) is 8.47. The lowest BCUT2D eigenvalue weighted by molar-refractivity contribution is 0.478. The van der Waals surface area contributed by atoms with Crippen LogP contribution in [-0.4, -0.2) is 0 Å². The molecule has 0 radical (unpaired) electrons. The molecule has 10 aromatic rings. The fourth-order valence-electron chi connectivity index (χ4n) is 12.0. The van der Waals surface area contributed by atoms with Gasteiger partial charge < -0.3 is 29.1 Å². The molecule has 0 amide bonds. The van der Waals surface area contributed by atoms with Gasteiger partial charge in [0.2, 0.25) is 0 Å². The zero-order valence-electron chi connectivity index (χ0n) is 35.9. The highest BCUT2D eigenvalue weighted by Gasteiger charge is 2.55. The summed E-state index contributed by atoms with van der Waals surface area (Å²) >= 11 is 15.0. The third-order valence-corrected chi connectivity index (χ3v) is 24.2. The van der Waals surface area contributed by atoms with Crippen molar-refractivity contribution in [3.63, 3.8) is 0 Å². The van der Waals surface area contributed by atoms with Crippen LogP contribution in [0, 0.1) is 0 Å². The molecule has 6 aliphatic heterocycles. The van der Waals surface area contributed by atoms with Crippen molar-refractivity contribution < 1.29 is 9.47 Å². The van der Waals surface area contributed by atoms with Gasteiger partial charge in [-0.2, -0.15) is 0 Å². The first kappa shape index (κ1) is 37.6. The number of hydrogen-bond acceptors (Lipinski definition) is 8. The van der Waals surface area contributed by atoms with E-state index < -0.39 is 12.1 Å². The van der Waals surface area contributed by atoms with Crippen molar-refractivity contribution in [1.82, 2.24) is 0 Å². The molecule has 0 saturated carbocycles. The molecular weight excluding hydrogens is 911 g/mol. The summed E-state index contributed by atoms with van der Waals surface area (Å²) in [6.45, 7) is 0. The molecule has 10 aromatic carbocycles. The van der Waals surface area contributed by atoms with Crippen LogP contribution in [0.5, 0.6) is 23.0 Å². The van der Waals surface area contributed by atoms with Crippen LogP contribution in [-0.2, 0) is 23.6 Å². The summed E-state index contributed by atoms with van der Waals surface area (Å²) in [5.41, 5.74) is 12.7. The predicted molar refractivity (Wildman–Crippen MR) is 289 cm³/mol. The van der Waals surface area contributed by atoms with Gasteiger partial charge in [-0.3, -0.25) is 0 Å². The molecule has 2 unspecified atom stereocenters. The number of ether oxygens (including phenoxy) is 2. The molecule has 6 nitrogen and oxygen atoms in total. The maximum atomic E-state index is 7.59. The second-order valence-corrected chi connectivity index (χ2v) is 26.3. The Morgan fingerprint density at radius 2 is 0.588 bits per heavy atom. The summed E-state index contributed by atoms with van der Waals surface area (Å²) in [4.78, 5) is 9.59. The molecule has 0 bridgehead atoms. The van der Waals surface area contributed by atoms with Crippen LogP contribution in [0.4, 0.5) is 68.2 Å². The van der Waals surface area contributed by atoms with Crippen molar-refractivity contribution in [2.45, 2.75) is 0 Å². The molecule has 6 aliphatic rings. The van der Waals surface area contributed by atoms with Gasteiger partial charge in [-0.25, -0.2) is 0 Å². The minimum atomic E-state index is -2.86. The Balaban J connectivity index is 1.07. The van der Waals surface area contributed by atoms with Crippen molar-refractivity contribution in [3.05, 3.63) is 206 Å². The number of hydrogen-bond donors (Lipinski definition) is 0. The van der Waals surface area contributed by atoms with Crippen LogP contribution in [0.1, 0.15) is 0 Å². The largest absolute Gasteiger partial charge is 0.455 e. The van der Waals surface area contributed by atoms with Gasteiger partial charge >= 0.3 is 0 Å². The molecule has 16 rings (SSSR count). The molecule has 68 heavy (non-hydrogen) atoms. The van der Waals surface area contributed by atoms with Gasteiger partial charge in [-0.1, -0.05) is 121 Å². The number of benzene rings is 10. The fraction of sp³-hybridized carbons (Fsp3) is 0. The van der Waals surface area contributed by atoms with Crippen LogP contribution in [0.25, 0.3) is 10.8 Å². The van der Waals surface area contributed by atoms with E-state index in [1.54, 1.807) is 0 Å². The van der Waals surface area contributed by atoms with Crippen molar-refractivity contribution in [1.29, 1.82) is 0 Å². The first-order valence-corrected chi connectivity index (χ1v) is 28.3. The Labute approximate surface area is 402 Å². The summed E-state index contributed by atoms with van der Waals surface area (Å²) in [6.07, 6.45) is 0. The Bertz CT molecular complexity index is 3770. The van der Waals surface area contributed by atoms with Crippen LogP contribution in [0.2, 0.25) is 0 Å². The standard InChI is InChI=1S/C58H34N4O2P2S2/c67-65-53-40-25-13-27-42(53)61(38-21-9-3-10-22-38)46-33-35-34-47-58-52(50(35)51(57(46)65)63-48-31-15-29-44(55(48)65)59(40)36-17-5-1-6-18-36)64-49-32-16-30-45-56(49)66(58,68)54-41(60(45)37-19-7-2-8-20-37)26-14-28-43(54)62(47)39-23-11-4-12-24-39/h1-34H. The summed E-state index contributed by atoms with van der Waals surface area (Å²) in [7, 11) is 0. The monoisotopic (exact) mass is 944 g/mol. The maximum Gasteiger partial charge on any atom is 0.150 e. The van der Waals surface area contributed by atoms with E-state index in [0.29, 0.717) is 0 Å². The molecule has 0 aromatic heterocycles. The summed E-state index contributed by atoms with van der Waals surface area (Å²) < 4.78 is 15.2. The van der Waals surface area contributed by atoms with E-state index in [9.17, 15) is 0 Å². The smallest absolute Gasteiger partial charge is 0.150 e. The average molecular weight is 945 g/mol. The second-order valence-electron chi connectivity index (χ2n) is 17.9. The molecule has 0 spiro atoms. The van der Waals surface area contributed by atoms with Gasteiger partial charge in [-0.05, 0) is 115 Å². The molecular formula is C58H34N4O2P2S2. The van der Waals surface area contributed by atoms with Gasteiger partial charge in [0, 0.05) is 33.4 Å². The summed E-state index contributed by atoms with van der Waals surface area (Å²) in [5.74, 6) is 3.08. The Morgan fingerprint density at radius 3 is 0.926 bits per heavy atom. The molecule has 0 N–H and O–H groups in total. The minimum absolute atomic E-state index is 0.757. The third-order valence-electron chi connectivity index (χ3n) is 14.5. The van der Waals surface area contributed by atoms with Gasteiger partial charge in [-0.15, -0.1) is 0 Å². The maximum absolute atomic E-state index is 7.59. The zero-order valence-corrected chi connectivity index (χ0v) is 39.4. The molecule has 6 heterocycles. The zero-order chi connectivity index (χ0) is 44.6. The molecule has 10 heteroatoms. The topological polar surface area (TPSA) is 31.4 Å². The Hall–Kier alpha value is -7.44. The number of nitrogens with zero attached hydrogens (tertiary/aromatic N) is 4. The molecule has 0 aliphatic carbocycles. The predicted octanol–water partition coefficient (Wildman–Crippen LogP) is 13.7. The highest BCUT2D eigenvalue weighted by Crippen LogP contribution is 2.71. The van der Waals surface area contributed by atoms with E-state index in [2.05, 4.69) is 226 Å². The van der Waals surface area contributed by atoms with E-state index in [1.807, 2.05) is 0 Å². The summed E-state index contributed by atoms with van der Waals surface area (Å²) in [6, 6.07) is 67.9. The van der Waals surface area contributed by atoms with Gasteiger partial charge in [0.1, 0.15) is 23.0 Å². The normalized spacial score (nSPS) is 18.6. The van der Waals surface area contributed by atoms with Gasteiger partial charge in [0.05, 0.1) is 84.2 Å². The number of anilines is 12. The lowest BCUT2D eigenvalue weighted by Gasteiger charge is -2.50.